The van der Waals surface area contributed by atoms with E-state index in [1.54, 1.807) is 0 Å². The van der Waals surface area contributed by atoms with Crippen LogP contribution in [0.2, 0.25) is 39.3 Å². The van der Waals surface area contributed by atoms with Gasteiger partial charge in [0.05, 0.1) is 22.7 Å². The van der Waals surface area contributed by atoms with Crippen LogP contribution in [-0.2, 0) is 0 Å². The Hall–Kier alpha value is -3.27. The standard InChI is InChI=1S/C41H48N2P2Si2/c1-43-36-23-15-17-25-39(36)44(2,46(4,5)6)38-24-16-14-22-34(38)42-35-26-30-18-10-12-20-32(30)28-40(35)45(3,47(7,8)9)41-29-33-21-13-11-19-31(33)27-37(41)43/h10-29,42H,1-9H3/q+2. The van der Waals surface area contributed by atoms with Crippen molar-refractivity contribution in [3.8, 4) is 0 Å². The lowest BCUT2D eigenvalue weighted by molar-refractivity contribution is 1.23. The summed E-state index contributed by atoms with van der Waals surface area (Å²) < 4.78 is 0. The summed E-state index contributed by atoms with van der Waals surface area (Å²) in [5, 5.41) is 15.5. The molecule has 2 unspecified atom stereocenters. The molecule has 0 radical (unpaired) electrons. The van der Waals surface area contributed by atoms with E-state index in [1.165, 1.54) is 65.5 Å². The molecule has 0 spiro atoms. The number of fused-ring (bicyclic) bond motifs is 6. The smallest absolute Gasteiger partial charge is 0.232 e. The van der Waals surface area contributed by atoms with Crippen LogP contribution < -0.4 is 31.4 Å². The summed E-state index contributed by atoms with van der Waals surface area (Å²) in [4.78, 5) is 2.58. The highest BCUT2D eigenvalue weighted by molar-refractivity contribution is 8.18. The third-order valence-corrected chi connectivity index (χ3v) is 40.8. The van der Waals surface area contributed by atoms with E-state index >= 15 is 0 Å². The second kappa shape index (κ2) is 11.4. The number of anilines is 4. The SMILES string of the molecule is CN1c2ccccc2[P+](C)([Si](C)(C)C)c2ccccc2Nc2cc3ccccc3cc2[P+](C)([Si](C)(C)C)c2cc3ccccc3cc21. The first kappa shape index (κ1) is 32.3. The van der Waals surface area contributed by atoms with Crippen LogP contribution >= 0.6 is 13.6 Å². The van der Waals surface area contributed by atoms with E-state index in [4.69, 9.17) is 0 Å². The van der Waals surface area contributed by atoms with Crippen LogP contribution in [0.15, 0.2) is 121 Å². The van der Waals surface area contributed by atoms with Gasteiger partial charge in [-0.15, -0.1) is 0 Å². The highest BCUT2D eigenvalue weighted by Gasteiger charge is 2.56. The predicted octanol–water partition coefficient (Wildman–Crippen LogP) is 10.7. The molecule has 7 rings (SSSR count). The molecular formula is C41H48N2P2Si2+2. The Labute approximate surface area is 284 Å². The summed E-state index contributed by atoms with van der Waals surface area (Å²) in [5.41, 5.74) is 5.23. The summed E-state index contributed by atoms with van der Waals surface area (Å²) in [5.74, 6) is 0. The average molecular weight is 687 g/mol. The van der Waals surface area contributed by atoms with Gasteiger partial charge >= 0.3 is 0 Å². The molecule has 0 bridgehead atoms. The molecule has 6 heteroatoms. The molecule has 1 heterocycles. The van der Waals surface area contributed by atoms with Crippen molar-refractivity contribution in [1.82, 2.24) is 0 Å². The molecule has 0 amide bonds. The molecule has 2 atom stereocenters. The van der Waals surface area contributed by atoms with E-state index in [0.29, 0.717) is 0 Å². The van der Waals surface area contributed by atoms with E-state index in [9.17, 15) is 0 Å². The molecule has 1 aliphatic rings. The van der Waals surface area contributed by atoms with Crippen molar-refractivity contribution in [3.05, 3.63) is 121 Å². The summed E-state index contributed by atoms with van der Waals surface area (Å²) in [6, 6.07) is 46.6. The van der Waals surface area contributed by atoms with Crippen molar-refractivity contribution in [2.75, 3.05) is 30.6 Å². The van der Waals surface area contributed by atoms with Gasteiger partial charge in [-0.3, -0.25) is 0 Å². The molecule has 1 N–H and O–H groups in total. The quantitative estimate of drug-likeness (QED) is 0.144. The lowest BCUT2D eigenvalue weighted by Crippen LogP contribution is -2.44. The molecule has 0 saturated carbocycles. The highest BCUT2D eigenvalue weighted by atomic mass is 31.4. The zero-order chi connectivity index (χ0) is 33.4. The van der Waals surface area contributed by atoms with Crippen molar-refractivity contribution in [3.63, 3.8) is 0 Å². The monoisotopic (exact) mass is 686 g/mol. The fourth-order valence-electron chi connectivity index (χ4n) is 7.62. The van der Waals surface area contributed by atoms with Crippen molar-refractivity contribution < 1.29 is 0 Å². The molecule has 2 nitrogen and oxygen atoms in total. The second-order valence-corrected chi connectivity index (χ2v) is 43.5. The van der Waals surface area contributed by atoms with E-state index in [1.807, 2.05) is 0 Å². The zero-order valence-corrected chi connectivity index (χ0v) is 33.2. The Morgan fingerprint density at radius 1 is 0.447 bits per heavy atom. The topological polar surface area (TPSA) is 15.3 Å². The average Bonchev–Trinajstić information content (AvgIpc) is 3.05. The fraction of sp³-hybridized carbons (Fsp3) is 0.220. The number of nitrogens with one attached hydrogen (secondary N) is 1. The van der Waals surface area contributed by atoms with Crippen molar-refractivity contribution in [1.29, 1.82) is 0 Å². The maximum atomic E-state index is 4.20. The molecule has 0 fully saturated rings. The number of rotatable bonds is 2. The van der Waals surface area contributed by atoms with Gasteiger partial charge in [-0.25, -0.2) is 0 Å². The predicted molar refractivity (Wildman–Crippen MR) is 223 cm³/mol. The summed E-state index contributed by atoms with van der Waals surface area (Å²) in [6.45, 7) is 17.0. The van der Waals surface area contributed by atoms with Crippen molar-refractivity contribution in [2.24, 2.45) is 0 Å². The first-order chi connectivity index (χ1) is 22.2. The van der Waals surface area contributed by atoms with Gasteiger partial charge in [-0.2, -0.15) is 0 Å². The van der Waals surface area contributed by atoms with E-state index in [2.05, 4.69) is 191 Å². The number of benzene rings is 6. The van der Waals surface area contributed by atoms with Crippen molar-refractivity contribution in [2.45, 2.75) is 39.3 Å². The van der Waals surface area contributed by atoms with E-state index in [-0.39, 0.29) is 0 Å². The van der Waals surface area contributed by atoms with Gasteiger partial charge < -0.3 is 10.2 Å². The Morgan fingerprint density at radius 2 is 0.894 bits per heavy atom. The number of hydrogen-bond donors (Lipinski definition) is 1. The molecule has 47 heavy (non-hydrogen) atoms. The maximum Gasteiger partial charge on any atom is 0.232 e. The summed E-state index contributed by atoms with van der Waals surface area (Å²) in [6.07, 6.45) is 0. The zero-order valence-electron chi connectivity index (χ0n) is 29.4. The minimum atomic E-state index is -1.96. The Kier molecular flexibility index (Phi) is 7.85. The highest BCUT2D eigenvalue weighted by Crippen LogP contribution is 2.67. The maximum absolute atomic E-state index is 4.20. The van der Waals surface area contributed by atoms with Crippen LogP contribution in [0.5, 0.6) is 0 Å². The molecule has 0 aromatic heterocycles. The Bertz CT molecular complexity index is 2170. The Morgan fingerprint density at radius 3 is 1.49 bits per heavy atom. The minimum Gasteiger partial charge on any atom is -0.349 e. The molecule has 238 valence electrons. The number of para-hydroxylation sites is 2. The molecule has 6 aromatic rings. The summed E-state index contributed by atoms with van der Waals surface area (Å²) in [7, 11) is -1.36. The van der Waals surface area contributed by atoms with Crippen LogP contribution in [0, 0.1) is 0 Å². The molecule has 0 aliphatic carbocycles. The van der Waals surface area contributed by atoms with Gasteiger partial charge in [0.1, 0.15) is 21.2 Å². The van der Waals surface area contributed by atoms with E-state index < -0.39 is 29.1 Å². The van der Waals surface area contributed by atoms with Gasteiger partial charge in [0.25, 0.3) is 0 Å². The van der Waals surface area contributed by atoms with Gasteiger partial charge in [-0.05, 0) is 109 Å². The summed E-state index contributed by atoms with van der Waals surface area (Å²) >= 11 is 0. The molecule has 6 aromatic carbocycles. The molecule has 0 saturated heterocycles. The normalized spacial score (nSPS) is 19.9. The Balaban J connectivity index is 1.71. The van der Waals surface area contributed by atoms with Gasteiger partial charge in [-0.1, -0.05) is 72.8 Å². The lowest BCUT2D eigenvalue weighted by Gasteiger charge is -2.41. The van der Waals surface area contributed by atoms with Gasteiger partial charge in [0, 0.05) is 34.0 Å². The molecular weight excluding hydrogens is 639 g/mol. The minimum absolute atomic E-state index is 1.26. The third kappa shape index (κ3) is 5.03. The first-order valence-electron chi connectivity index (χ1n) is 16.7. The number of hydrogen-bond acceptors (Lipinski definition) is 2. The largest absolute Gasteiger partial charge is 0.349 e. The van der Waals surface area contributed by atoms with Crippen LogP contribution in [0.4, 0.5) is 22.7 Å². The molecule has 1 aliphatic heterocycles. The fourth-order valence-corrected chi connectivity index (χ4v) is 26.1. The van der Waals surface area contributed by atoms with Crippen molar-refractivity contribution >= 4 is 94.6 Å². The number of nitrogens with zero attached hydrogens (tertiary/aromatic N) is 1. The first-order valence-corrected chi connectivity index (χ1v) is 29.9. The van der Waals surface area contributed by atoms with E-state index in [0.717, 1.165) is 0 Å². The van der Waals surface area contributed by atoms with Gasteiger partial charge in [0.15, 0.2) is 0 Å². The van der Waals surface area contributed by atoms with Crippen LogP contribution in [-0.4, -0.2) is 35.9 Å². The van der Waals surface area contributed by atoms with Gasteiger partial charge in [0.2, 0.25) is 15.5 Å². The van der Waals surface area contributed by atoms with Crippen LogP contribution in [0.1, 0.15) is 0 Å². The van der Waals surface area contributed by atoms with Crippen LogP contribution in [0.3, 0.4) is 0 Å². The third-order valence-electron chi connectivity index (χ3n) is 11.1. The van der Waals surface area contributed by atoms with Crippen LogP contribution in [0.25, 0.3) is 21.5 Å². The second-order valence-electron chi connectivity index (χ2n) is 15.4. The lowest BCUT2D eigenvalue weighted by atomic mass is 10.1.